The summed E-state index contributed by atoms with van der Waals surface area (Å²) in [7, 11) is -1.94. The lowest BCUT2D eigenvalue weighted by Gasteiger charge is -2.06. The third-order valence-corrected chi connectivity index (χ3v) is 7.57. The third kappa shape index (κ3) is 6.03. The van der Waals surface area contributed by atoms with E-state index in [1.165, 1.54) is 30.6 Å². The van der Waals surface area contributed by atoms with Gasteiger partial charge in [-0.15, -0.1) is 0 Å². The smallest absolute Gasteiger partial charge is 0.248 e. The number of sulfone groups is 1. The van der Waals surface area contributed by atoms with Crippen LogP contribution < -0.4 is 9.54 Å². The fourth-order valence-electron chi connectivity index (χ4n) is 3.10. The molecule has 0 aliphatic carbocycles. The van der Waals surface area contributed by atoms with Crippen molar-refractivity contribution >= 4 is 37.3 Å². The van der Waals surface area contributed by atoms with Crippen molar-refractivity contribution in [3.05, 3.63) is 53.3 Å². The second kappa shape index (κ2) is 10.7. The molecule has 0 bridgehead atoms. The highest BCUT2D eigenvalue weighted by atomic mass is 32.2. The van der Waals surface area contributed by atoms with Crippen molar-refractivity contribution < 1.29 is 22.7 Å². The van der Waals surface area contributed by atoms with Gasteiger partial charge in [-0.1, -0.05) is 23.5 Å². The normalized spacial score (nSPS) is 12.4. The lowest BCUT2D eigenvalue weighted by Crippen LogP contribution is -2.20. The third-order valence-electron chi connectivity index (χ3n) is 4.69. The predicted octanol–water partition coefficient (Wildman–Crippen LogP) is 3.43. The van der Waals surface area contributed by atoms with Crippen LogP contribution in [-0.4, -0.2) is 45.0 Å². The van der Waals surface area contributed by atoms with Gasteiger partial charge in [-0.05, 0) is 49.7 Å². The van der Waals surface area contributed by atoms with Crippen LogP contribution in [0.1, 0.15) is 19.8 Å². The molecule has 1 aromatic heterocycles. The number of fused-ring (bicyclic) bond motifs is 1. The first kappa shape index (κ1) is 23.2. The number of carbonyl (C=O) groups is 1. The highest BCUT2D eigenvalue weighted by Crippen LogP contribution is 2.18. The van der Waals surface area contributed by atoms with Crippen molar-refractivity contribution in [2.75, 3.05) is 26.1 Å². The van der Waals surface area contributed by atoms with Crippen LogP contribution in [0.15, 0.2) is 58.4 Å². The molecule has 0 radical (unpaired) electrons. The molecule has 0 aliphatic rings. The zero-order valence-electron chi connectivity index (χ0n) is 17.6. The molecule has 0 aliphatic heterocycles. The van der Waals surface area contributed by atoms with Crippen molar-refractivity contribution in [3.63, 3.8) is 0 Å². The van der Waals surface area contributed by atoms with Crippen molar-refractivity contribution in [2.24, 2.45) is 4.99 Å². The maximum absolute atomic E-state index is 12.5. The van der Waals surface area contributed by atoms with Crippen LogP contribution >= 0.6 is 11.3 Å². The van der Waals surface area contributed by atoms with Crippen LogP contribution in [0.2, 0.25) is 0 Å². The molecule has 0 saturated heterocycles. The Morgan fingerprint density at radius 2 is 1.87 bits per heavy atom. The number of amides is 1. The second-order valence-electron chi connectivity index (χ2n) is 6.80. The Morgan fingerprint density at radius 3 is 2.58 bits per heavy atom. The molecule has 1 amide bonds. The van der Waals surface area contributed by atoms with E-state index in [0.717, 1.165) is 10.2 Å². The molecule has 0 spiro atoms. The van der Waals surface area contributed by atoms with E-state index in [2.05, 4.69) is 4.99 Å². The summed E-state index contributed by atoms with van der Waals surface area (Å²) in [4.78, 5) is 17.5. The number of carbonyl (C=O) groups excluding carboxylic acids is 1. The molecule has 0 unspecified atom stereocenters. The summed E-state index contributed by atoms with van der Waals surface area (Å²) in [5.74, 6) is 0.146. The largest absolute Gasteiger partial charge is 0.497 e. The van der Waals surface area contributed by atoms with Gasteiger partial charge in [0.05, 0.1) is 34.6 Å². The van der Waals surface area contributed by atoms with Crippen molar-refractivity contribution in [1.29, 1.82) is 0 Å². The van der Waals surface area contributed by atoms with Crippen molar-refractivity contribution in [3.8, 4) is 5.75 Å². The summed E-state index contributed by atoms with van der Waals surface area (Å²) < 4.78 is 38.5. The number of para-hydroxylation sites is 1. The minimum Gasteiger partial charge on any atom is -0.497 e. The molecular weight excluding hydrogens is 436 g/mol. The van der Waals surface area contributed by atoms with Gasteiger partial charge >= 0.3 is 0 Å². The number of aromatic nitrogens is 1. The number of methoxy groups -OCH3 is 1. The number of hydrogen-bond acceptors (Lipinski definition) is 6. The molecule has 3 aromatic rings. The molecule has 2 aromatic carbocycles. The molecule has 31 heavy (non-hydrogen) atoms. The Hall–Kier alpha value is -2.49. The van der Waals surface area contributed by atoms with Crippen LogP contribution in [0.25, 0.3) is 10.2 Å². The number of benzene rings is 2. The van der Waals surface area contributed by atoms with Gasteiger partial charge in [0.2, 0.25) is 5.91 Å². The summed E-state index contributed by atoms with van der Waals surface area (Å²) in [5.41, 5.74) is 1.00. The molecule has 7 nitrogen and oxygen atoms in total. The average molecular weight is 463 g/mol. The number of rotatable bonds is 10. The lowest BCUT2D eigenvalue weighted by molar-refractivity contribution is -0.118. The number of nitrogens with zero attached hydrogens (tertiary/aromatic N) is 2. The van der Waals surface area contributed by atoms with Gasteiger partial charge in [-0.2, -0.15) is 4.99 Å². The fraction of sp³-hybridized carbons (Fsp3) is 0.364. The second-order valence-corrected chi connectivity index (χ2v) is 9.92. The molecule has 0 N–H and O–H groups in total. The van der Waals surface area contributed by atoms with Crippen LogP contribution in [-0.2, 0) is 25.9 Å². The molecule has 0 fully saturated rings. The molecule has 1 heterocycles. The van der Waals surface area contributed by atoms with E-state index in [9.17, 15) is 13.2 Å². The Kier molecular flexibility index (Phi) is 8.00. The molecule has 9 heteroatoms. The number of thiazole rings is 1. The zero-order chi connectivity index (χ0) is 22.3. The summed E-state index contributed by atoms with van der Waals surface area (Å²) in [6.45, 7) is 3.68. The van der Waals surface area contributed by atoms with E-state index >= 15 is 0 Å². The Balaban J connectivity index is 1.69. The average Bonchev–Trinajstić information content (AvgIpc) is 3.11. The molecule has 0 saturated carbocycles. The summed E-state index contributed by atoms with van der Waals surface area (Å²) >= 11 is 1.44. The zero-order valence-corrected chi connectivity index (χ0v) is 19.2. The van der Waals surface area contributed by atoms with Crippen LogP contribution in [0, 0.1) is 0 Å². The molecule has 166 valence electrons. The molecular formula is C22H26N2O5S2. The summed E-state index contributed by atoms with van der Waals surface area (Å²) in [5, 5.41) is 0. The highest BCUT2D eigenvalue weighted by molar-refractivity contribution is 7.91. The standard InChI is InChI=1S/C22H26N2O5S2/c1-3-29-15-14-24-19-7-4-5-8-20(19)30-22(24)23-21(25)9-6-16-31(26,27)18-12-10-17(28-2)11-13-18/h4-5,7-8,10-13H,3,6,9,14-16H2,1-2H3. The van der Waals surface area contributed by atoms with Gasteiger partial charge in [0, 0.05) is 19.6 Å². The topological polar surface area (TPSA) is 87.0 Å². The first-order valence-corrected chi connectivity index (χ1v) is 12.5. The van der Waals surface area contributed by atoms with Gasteiger partial charge in [0.25, 0.3) is 0 Å². The van der Waals surface area contributed by atoms with Gasteiger partial charge in [0.1, 0.15) is 5.75 Å². The fourth-order valence-corrected chi connectivity index (χ4v) is 5.48. The molecule has 0 atom stereocenters. The minimum absolute atomic E-state index is 0.0646. The number of ether oxygens (including phenoxy) is 2. The minimum atomic E-state index is -3.47. The SMILES string of the molecule is CCOCCn1c(=NC(=O)CCCS(=O)(=O)c2ccc(OC)cc2)sc2ccccc21. The van der Waals surface area contributed by atoms with Gasteiger partial charge in [0.15, 0.2) is 14.6 Å². The lowest BCUT2D eigenvalue weighted by atomic mass is 10.3. The molecule has 3 rings (SSSR count). The van der Waals surface area contributed by atoms with E-state index in [4.69, 9.17) is 9.47 Å². The number of hydrogen-bond donors (Lipinski definition) is 0. The Labute approximate surface area is 185 Å². The maximum atomic E-state index is 12.5. The first-order valence-electron chi connectivity index (χ1n) is 10.0. The van der Waals surface area contributed by atoms with E-state index in [1.54, 1.807) is 12.1 Å². The first-order chi connectivity index (χ1) is 14.9. The quantitative estimate of drug-likeness (QED) is 0.431. The van der Waals surface area contributed by atoms with Crippen molar-refractivity contribution in [2.45, 2.75) is 31.2 Å². The van der Waals surface area contributed by atoms with Crippen LogP contribution in [0.5, 0.6) is 5.75 Å². The summed E-state index contributed by atoms with van der Waals surface area (Å²) in [6.07, 6.45) is 0.273. The van der Waals surface area contributed by atoms with E-state index < -0.39 is 9.84 Å². The predicted molar refractivity (Wildman–Crippen MR) is 121 cm³/mol. The van der Waals surface area contributed by atoms with Gasteiger partial charge in [-0.3, -0.25) is 4.79 Å². The van der Waals surface area contributed by atoms with E-state index in [-0.39, 0.29) is 29.4 Å². The van der Waals surface area contributed by atoms with Crippen LogP contribution in [0.4, 0.5) is 0 Å². The Bertz CT molecular complexity index is 1190. The Morgan fingerprint density at radius 1 is 1.13 bits per heavy atom. The van der Waals surface area contributed by atoms with E-state index in [1.807, 2.05) is 35.8 Å². The summed E-state index contributed by atoms with van der Waals surface area (Å²) in [6, 6.07) is 14.1. The van der Waals surface area contributed by atoms with Crippen LogP contribution in [0.3, 0.4) is 0 Å². The van der Waals surface area contributed by atoms with Gasteiger partial charge in [-0.25, -0.2) is 8.42 Å². The monoisotopic (exact) mass is 462 g/mol. The highest BCUT2D eigenvalue weighted by Gasteiger charge is 2.15. The van der Waals surface area contributed by atoms with E-state index in [0.29, 0.717) is 30.3 Å². The van der Waals surface area contributed by atoms with Gasteiger partial charge < -0.3 is 14.0 Å². The van der Waals surface area contributed by atoms with Crippen molar-refractivity contribution in [1.82, 2.24) is 4.57 Å². The maximum Gasteiger partial charge on any atom is 0.248 e.